The number of pyridine rings is 1. The number of aromatic amines is 1. The van der Waals surface area contributed by atoms with Crippen molar-refractivity contribution in [3.05, 3.63) is 59.7 Å². The van der Waals surface area contributed by atoms with Crippen molar-refractivity contribution in [3.63, 3.8) is 0 Å². The highest BCUT2D eigenvalue weighted by molar-refractivity contribution is 5.90. The summed E-state index contributed by atoms with van der Waals surface area (Å²) in [6.45, 7) is 6.04. The zero-order valence-corrected chi connectivity index (χ0v) is 15.8. The SMILES string of the molecule is CCc1nc(-c2cccc(NC(=O)N[C@@H](CC)c3cc(C)ccn3)c2)n[nH]1. The lowest BCUT2D eigenvalue weighted by atomic mass is 10.1. The third kappa shape index (κ3) is 4.69. The summed E-state index contributed by atoms with van der Waals surface area (Å²) in [6.07, 6.45) is 3.30. The molecule has 2 amide bonds. The average Bonchev–Trinajstić information content (AvgIpc) is 3.15. The Hall–Kier alpha value is -3.22. The first-order valence-corrected chi connectivity index (χ1v) is 9.10. The van der Waals surface area contributed by atoms with Crippen LogP contribution in [-0.4, -0.2) is 26.2 Å². The Morgan fingerprint density at radius 2 is 2.07 bits per heavy atom. The average molecular weight is 364 g/mol. The molecule has 0 bridgehead atoms. The Morgan fingerprint density at radius 1 is 1.22 bits per heavy atom. The fourth-order valence-electron chi connectivity index (χ4n) is 2.78. The molecule has 0 aliphatic rings. The van der Waals surface area contributed by atoms with Gasteiger partial charge in [0.1, 0.15) is 5.82 Å². The normalized spacial score (nSPS) is 11.8. The molecule has 1 atom stereocenters. The molecular weight excluding hydrogens is 340 g/mol. The maximum absolute atomic E-state index is 12.5. The topological polar surface area (TPSA) is 95.6 Å². The number of hydrogen-bond donors (Lipinski definition) is 3. The number of rotatable bonds is 6. The molecule has 0 aliphatic carbocycles. The summed E-state index contributed by atoms with van der Waals surface area (Å²) in [5.41, 5.74) is 3.50. The van der Waals surface area contributed by atoms with Gasteiger partial charge in [0.25, 0.3) is 0 Å². The zero-order chi connectivity index (χ0) is 19.2. The van der Waals surface area contributed by atoms with Gasteiger partial charge in [-0.3, -0.25) is 10.1 Å². The van der Waals surface area contributed by atoms with E-state index in [1.54, 1.807) is 6.20 Å². The number of nitrogens with zero attached hydrogens (tertiary/aromatic N) is 3. The number of anilines is 1. The molecular formula is C20H24N6O. The molecule has 7 nitrogen and oxygen atoms in total. The van der Waals surface area contributed by atoms with Crippen LogP contribution in [0.5, 0.6) is 0 Å². The van der Waals surface area contributed by atoms with Crippen molar-refractivity contribution < 1.29 is 4.79 Å². The van der Waals surface area contributed by atoms with Gasteiger partial charge in [0.05, 0.1) is 11.7 Å². The molecule has 0 saturated carbocycles. The number of aryl methyl sites for hydroxylation is 2. The number of benzene rings is 1. The second kappa shape index (κ2) is 8.44. The Morgan fingerprint density at radius 3 is 2.78 bits per heavy atom. The summed E-state index contributed by atoms with van der Waals surface area (Å²) in [5.74, 6) is 1.45. The molecule has 0 fully saturated rings. The number of urea groups is 1. The van der Waals surface area contributed by atoms with Crippen molar-refractivity contribution in [3.8, 4) is 11.4 Å². The third-order valence-corrected chi connectivity index (χ3v) is 4.25. The molecule has 2 aromatic heterocycles. The second-order valence-electron chi connectivity index (χ2n) is 6.36. The minimum absolute atomic E-state index is 0.145. The zero-order valence-electron chi connectivity index (χ0n) is 15.8. The van der Waals surface area contributed by atoms with Gasteiger partial charge < -0.3 is 10.6 Å². The van der Waals surface area contributed by atoms with E-state index in [0.717, 1.165) is 35.5 Å². The van der Waals surface area contributed by atoms with Gasteiger partial charge in [-0.15, -0.1) is 0 Å². The monoisotopic (exact) mass is 364 g/mol. The number of nitrogens with one attached hydrogen (secondary N) is 3. The summed E-state index contributed by atoms with van der Waals surface area (Å²) < 4.78 is 0. The maximum Gasteiger partial charge on any atom is 0.319 e. The number of aromatic nitrogens is 4. The van der Waals surface area contributed by atoms with E-state index in [9.17, 15) is 4.79 Å². The minimum Gasteiger partial charge on any atom is -0.330 e. The predicted octanol–water partition coefficient (Wildman–Crippen LogP) is 4.01. The Labute approximate surface area is 158 Å². The van der Waals surface area contributed by atoms with Crippen molar-refractivity contribution in [2.45, 2.75) is 39.7 Å². The van der Waals surface area contributed by atoms with E-state index in [1.165, 1.54) is 0 Å². The van der Waals surface area contributed by atoms with Crippen LogP contribution >= 0.6 is 0 Å². The first-order valence-electron chi connectivity index (χ1n) is 9.10. The fourth-order valence-corrected chi connectivity index (χ4v) is 2.78. The smallest absolute Gasteiger partial charge is 0.319 e. The standard InChI is InChI=1S/C20H24N6O/c1-4-16(17-11-13(3)9-10-21-17)23-20(27)22-15-8-6-7-14(12-15)19-24-18(5-2)25-26-19/h6-12,16H,4-5H2,1-3H3,(H2,22,23,27)(H,24,25,26)/t16-/m0/s1. The van der Waals surface area contributed by atoms with Crippen LogP contribution in [0.3, 0.4) is 0 Å². The van der Waals surface area contributed by atoms with E-state index < -0.39 is 0 Å². The highest BCUT2D eigenvalue weighted by Crippen LogP contribution is 2.20. The summed E-state index contributed by atoms with van der Waals surface area (Å²) in [6, 6.07) is 11.0. The van der Waals surface area contributed by atoms with Crippen LogP contribution in [0.1, 0.15) is 43.4 Å². The van der Waals surface area contributed by atoms with E-state index in [4.69, 9.17) is 0 Å². The van der Waals surface area contributed by atoms with Gasteiger partial charge in [-0.2, -0.15) is 5.10 Å². The van der Waals surface area contributed by atoms with Crippen molar-refractivity contribution in [2.24, 2.45) is 0 Å². The quantitative estimate of drug-likeness (QED) is 0.616. The van der Waals surface area contributed by atoms with E-state index in [1.807, 2.05) is 57.2 Å². The van der Waals surface area contributed by atoms with Gasteiger partial charge in [-0.1, -0.05) is 26.0 Å². The number of amides is 2. The molecule has 3 rings (SSSR count). The van der Waals surface area contributed by atoms with Crippen molar-refractivity contribution in [1.82, 2.24) is 25.5 Å². The van der Waals surface area contributed by atoms with Crippen LogP contribution in [-0.2, 0) is 6.42 Å². The van der Waals surface area contributed by atoms with Crippen LogP contribution in [0.25, 0.3) is 11.4 Å². The highest BCUT2D eigenvalue weighted by atomic mass is 16.2. The van der Waals surface area contributed by atoms with Gasteiger partial charge in [0, 0.05) is 23.9 Å². The van der Waals surface area contributed by atoms with Crippen molar-refractivity contribution in [1.29, 1.82) is 0 Å². The van der Waals surface area contributed by atoms with Gasteiger partial charge in [-0.05, 0) is 43.2 Å². The molecule has 2 heterocycles. The van der Waals surface area contributed by atoms with E-state index in [2.05, 4.69) is 30.8 Å². The van der Waals surface area contributed by atoms with E-state index >= 15 is 0 Å². The lowest BCUT2D eigenvalue weighted by Crippen LogP contribution is -2.32. The first-order chi connectivity index (χ1) is 13.1. The molecule has 0 spiro atoms. The van der Waals surface area contributed by atoms with Gasteiger partial charge in [0.15, 0.2) is 5.82 Å². The highest BCUT2D eigenvalue weighted by Gasteiger charge is 2.14. The maximum atomic E-state index is 12.5. The lowest BCUT2D eigenvalue weighted by Gasteiger charge is -2.17. The summed E-state index contributed by atoms with van der Waals surface area (Å²) in [4.78, 5) is 21.2. The third-order valence-electron chi connectivity index (χ3n) is 4.25. The van der Waals surface area contributed by atoms with Crippen LogP contribution in [0, 0.1) is 6.92 Å². The first kappa shape index (κ1) is 18.6. The molecule has 27 heavy (non-hydrogen) atoms. The summed E-state index contributed by atoms with van der Waals surface area (Å²) in [7, 11) is 0. The fraction of sp³-hybridized carbons (Fsp3) is 0.300. The molecule has 3 aromatic rings. The van der Waals surface area contributed by atoms with E-state index in [0.29, 0.717) is 11.5 Å². The number of carbonyl (C=O) groups excluding carboxylic acids is 1. The Bertz CT molecular complexity index is 920. The lowest BCUT2D eigenvalue weighted by molar-refractivity contribution is 0.248. The van der Waals surface area contributed by atoms with Crippen LogP contribution in [0.15, 0.2) is 42.6 Å². The number of hydrogen-bond acceptors (Lipinski definition) is 4. The molecule has 3 N–H and O–H groups in total. The van der Waals surface area contributed by atoms with Crippen molar-refractivity contribution in [2.75, 3.05) is 5.32 Å². The molecule has 0 radical (unpaired) electrons. The molecule has 7 heteroatoms. The van der Waals surface area contributed by atoms with Crippen LogP contribution in [0.2, 0.25) is 0 Å². The number of carbonyl (C=O) groups is 1. The van der Waals surface area contributed by atoms with Crippen LogP contribution < -0.4 is 10.6 Å². The molecule has 0 unspecified atom stereocenters. The minimum atomic E-state index is -0.272. The Kier molecular flexibility index (Phi) is 5.80. The van der Waals surface area contributed by atoms with Gasteiger partial charge in [-0.25, -0.2) is 9.78 Å². The molecule has 140 valence electrons. The van der Waals surface area contributed by atoms with Gasteiger partial charge >= 0.3 is 6.03 Å². The summed E-state index contributed by atoms with van der Waals surface area (Å²) in [5, 5.41) is 13.0. The predicted molar refractivity (Wildman–Crippen MR) is 105 cm³/mol. The van der Waals surface area contributed by atoms with Gasteiger partial charge in [0.2, 0.25) is 0 Å². The number of H-pyrrole nitrogens is 1. The Balaban J connectivity index is 1.69. The molecule has 0 saturated heterocycles. The van der Waals surface area contributed by atoms with Crippen LogP contribution in [0.4, 0.5) is 10.5 Å². The molecule has 0 aliphatic heterocycles. The molecule has 1 aromatic carbocycles. The second-order valence-corrected chi connectivity index (χ2v) is 6.36. The van der Waals surface area contributed by atoms with E-state index in [-0.39, 0.29) is 12.1 Å². The van der Waals surface area contributed by atoms with Crippen molar-refractivity contribution >= 4 is 11.7 Å². The largest absolute Gasteiger partial charge is 0.330 e. The summed E-state index contributed by atoms with van der Waals surface area (Å²) >= 11 is 0.